The Hall–Kier alpha value is -2.42. The molecule has 1 aliphatic rings. The van der Waals surface area contributed by atoms with E-state index in [-0.39, 0.29) is 12.2 Å². The molecule has 0 unspecified atom stereocenters. The largest absolute Gasteiger partial charge is 0.416 e. The van der Waals surface area contributed by atoms with Crippen LogP contribution in [0.1, 0.15) is 27.8 Å². The minimum atomic E-state index is -4.44. The lowest BCUT2D eigenvalue weighted by molar-refractivity contribution is -0.137. The maximum Gasteiger partial charge on any atom is 0.416 e. The third-order valence-corrected chi connectivity index (χ3v) is 3.52. The summed E-state index contributed by atoms with van der Waals surface area (Å²) in [5, 5.41) is 3.70. The molecule has 1 aromatic carbocycles. The Morgan fingerprint density at radius 1 is 1.26 bits per heavy atom. The fraction of sp³-hybridized carbons (Fsp3) is 0.357. The average Bonchev–Trinajstić information content (AvgIpc) is 3.08. The summed E-state index contributed by atoms with van der Waals surface area (Å²) in [6.45, 7) is 0.825. The number of alkyl halides is 3. The Bertz CT molecular complexity index is 671. The van der Waals surface area contributed by atoms with Crippen molar-refractivity contribution < 1.29 is 27.2 Å². The smallest absolute Gasteiger partial charge is 0.377 e. The van der Waals surface area contributed by atoms with Gasteiger partial charge in [0.15, 0.2) is 5.82 Å². The van der Waals surface area contributed by atoms with E-state index in [2.05, 4.69) is 14.7 Å². The molecule has 0 N–H and O–H groups in total. The van der Waals surface area contributed by atoms with Gasteiger partial charge in [0.05, 0.1) is 18.8 Å². The van der Waals surface area contributed by atoms with Crippen LogP contribution < -0.4 is 0 Å². The fourth-order valence-corrected chi connectivity index (χ4v) is 2.35. The minimum Gasteiger partial charge on any atom is -0.377 e. The molecule has 0 spiro atoms. The zero-order valence-corrected chi connectivity index (χ0v) is 11.8. The first-order chi connectivity index (χ1) is 11.0. The third kappa shape index (κ3) is 3.19. The summed E-state index contributed by atoms with van der Waals surface area (Å²) >= 11 is 0. The van der Waals surface area contributed by atoms with Crippen LogP contribution in [0.4, 0.5) is 13.2 Å². The molecule has 23 heavy (non-hydrogen) atoms. The SMILES string of the molecule is O=C(c1ccc(C(F)(F)F)cc1)N1CCOC[C@H]1c1ncon1. The van der Waals surface area contributed by atoms with Gasteiger partial charge in [-0.25, -0.2) is 0 Å². The van der Waals surface area contributed by atoms with Crippen molar-refractivity contribution in [2.45, 2.75) is 12.2 Å². The maximum atomic E-state index is 12.6. The zero-order valence-electron chi connectivity index (χ0n) is 11.8. The summed E-state index contributed by atoms with van der Waals surface area (Å²) in [6, 6.07) is 3.56. The predicted molar refractivity (Wildman–Crippen MR) is 70.3 cm³/mol. The molecule has 0 saturated carbocycles. The van der Waals surface area contributed by atoms with E-state index in [4.69, 9.17) is 4.74 Å². The molecule has 1 amide bonds. The van der Waals surface area contributed by atoms with Crippen LogP contribution >= 0.6 is 0 Å². The number of morpholine rings is 1. The molecule has 2 heterocycles. The summed E-state index contributed by atoms with van der Waals surface area (Å²) in [5.41, 5.74) is -0.640. The van der Waals surface area contributed by atoms with Crippen molar-refractivity contribution in [1.82, 2.24) is 15.0 Å². The fourth-order valence-electron chi connectivity index (χ4n) is 2.35. The molecular formula is C14H12F3N3O3. The number of hydrogen-bond donors (Lipinski definition) is 0. The van der Waals surface area contributed by atoms with Crippen LogP contribution in [-0.4, -0.2) is 40.7 Å². The first-order valence-corrected chi connectivity index (χ1v) is 6.79. The van der Waals surface area contributed by atoms with Gasteiger partial charge in [-0.15, -0.1) is 0 Å². The highest BCUT2D eigenvalue weighted by atomic mass is 19.4. The number of nitrogens with zero attached hydrogens (tertiary/aromatic N) is 3. The highest BCUT2D eigenvalue weighted by molar-refractivity contribution is 5.94. The van der Waals surface area contributed by atoms with Gasteiger partial charge in [-0.2, -0.15) is 18.2 Å². The van der Waals surface area contributed by atoms with Crippen LogP contribution in [0.25, 0.3) is 0 Å². The van der Waals surface area contributed by atoms with E-state index in [1.165, 1.54) is 4.90 Å². The Morgan fingerprint density at radius 3 is 2.61 bits per heavy atom. The molecule has 0 aliphatic carbocycles. The van der Waals surface area contributed by atoms with Crippen LogP contribution in [0.15, 0.2) is 35.2 Å². The quantitative estimate of drug-likeness (QED) is 0.846. The number of halogens is 3. The number of carbonyl (C=O) groups is 1. The van der Waals surface area contributed by atoms with Crippen molar-refractivity contribution in [2.75, 3.05) is 19.8 Å². The lowest BCUT2D eigenvalue weighted by Gasteiger charge is -2.33. The molecule has 1 aromatic heterocycles. The number of aromatic nitrogens is 2. The Morgan fingerprint density at radius 2 is 2.00 bits per heavy atom. The molecule has 1 saturated heterocycles. The number of amides is 1. The van der Waals surface area contributed by atoms with Crippen LogP contribution in [0.5, 0.6) is 0 Å². The van der Waals surface area contributed by atoms with Gasteiger partial charge >= 0.3 is 6.18 Å². The average molecular weight is 327 g/mol. The van der Waals surface area contributed by atoms with Gasteiger partial charge in [0.1, 0.15) is 6.04 Å². The van der Waals surface area contributed by atoms with E-state index in [1.54, 1.807) is 0 Å². The van der Waals surface area contributed by atoms with Gasteiger partial charge in [0.2, 0.25) is 6.39 Å². The monoisotopic (exact) mass is 327 g/mol. The van der Waals surface area contributed by atoms with Gasteiger partial charge in [0, 0.05) is 12.1 Å². The van der Waals surface area contributed by atoms with E-state index in [9.17, 15) is 18.0 Å². The molecule has 3 rings (SSSR count). The minimum absolute atomic E-state index is 0.161. The van der Waals surface area contributed by atoms with Crippen molar-refractivity contribution in [2.24, 2.45) is 0 Å². The van der Waals surface area contributed by atoms with Crippen molar-refractivity contribution in [3.63, 3.8) is 0 Å². The molecular weight excluding hydrogens is 315 g/mol. The van der Waals surface area contributed by atoms with E-state index in [1.807, 2.05) is 0 Å². The number of carbonyl (C=O) groups excluding carboxylic acids is 1. The lowest BCUT2D eigenvalue weighted by atomic mass is 10.1. The first-order valence-electron chi connectivity index (χ1n) is 6.79. The number of hydrogen-bond acceptors (Lipinski definition) is 5. The van der Waals surface area contributed by atoms with Crippen molar-refractivity contribution in [3.8, 4) is 0 Å². The molecule has 0 radical (unpaired) electrons. The van der Waals surface area contributed by atoms with Crippen LogP contribution in [0.3, 0.4) is 0 Å². The molecule has 1 atom stereocenters. The summed E-state index contributed by atoms with van der Waals surface area (Å²) in [6.07, 6.45) is -3.29. The van der Waals surface area contributed by atoms with Crippen LogP contribution in [0.2, 0.25) is 0 Å². The summed E-state index contributed by atoms with van der Waals surface area (Å²) in [4.78, 5) is 18.0. The molecule has 1 fully saturated rings. The van der Waals surface area contributed by atoms with Gasteiger partial charge in [-0.05, 0) is 24.3 Å². The zero-order chi connectivity index (χ0) is 16.4. The van der Waals surface area contributed by atoms with E-state index in [0.29, 0.717) is 19.0 Å². The second-order valence-electron chi connectivity index (χ2n) is 4.95. The van der Waals surface area contributed by atoms with E-state index in [0.717, 1.165) is 30.7 Å². The van der Waals surface area contributed by atoms with Crippen molar-refractivity contribution in [1.29, 1.82) is 0 Å². The Balaban J connectivity index is 1.83. The summed E-state index contributed by atoms with van der Waals surface area (Å²) < 4.78 is 47.7. The molecule has 6 nitrogen and oxygen atoms in total. The normalized spacial score (nSPS) is 18.9. The highest BCUT2D eigenvalue weighted by Crippen LogP contribution is 2.30. The van der Waals surface area contributed by atoms with Gasteiger partial charge in [-0.1, -0.05) is 5.16 Å². The Kier molecular flexibility index (Phi) is 4.03. The second-order valence-corrected chi connectivity index (χ2v) is 4.95. The second kappa shape index (κ2) is 5.99. The molecule has 122 valence electrons. The van der Waals surface area contributed by atoms with Gasteiger partial charge in [-0.3, -0.25) is 4.79 Å². The Labute approximate surface area is 128 Å². The molecule has 0 bridgehead atoms. The van der Waals surface area contributed by atoms with Gasteiger partial charge in [0.25, 0.3) is 5.91 Å². The van der Waals surface area contributed by atoms with Crippen LogP contribution in [-0.2, 0) is 10.9 Å². The molecule has 9 heteroatoms. The number of benzene rings is 1. The predicted octanol–water partition coefficient (Wildman–Crippen LogP) is 2.30. The van der Waals surface area contributed by atoms with Crippen molar-refractivity contribution >= 4 is 5.91 Å². The van der Waals surface area contributed by atoms with E-state index >= 15 is 0 Å². The summed E-state index contributed by atoms with van der Waals surface area (Å²) in [7, 11) is 0. The van der Waals surface area contributed by atoms with E-state index < -0.39 is 23.7 Å². The topological polar surface area (TPSA) is 68.5 Å². The standard InChI is InChI=1S/C14H12F3N3O3/c15-14(16,17)10-3-1-9(2-4-10)13(21)20-5-6-22-7-11(20)12-18-8-23-19-12/h1-4,8,11H,5-7H2/t11-/m0/s1. The van der Waals surface area contributed by atoms with Crippen LogP contribution in [0, 0.1) is 0 Å². The maximum absolute atomic E-state index is 12.6. The number of rotatable bonds is 2. The molecule has 1 aliphatic heterocycles. The number of ether oxygens (including phenoxy) is 1. The van der Waals surface area contributed by atoms with Gasteiger partial charge < -0.3 is 14.2 Å². The lowest BCUT2D eigenvalue weighted by Crippen LogP contribution is -2.43. The third-order valence-electron chi connectivity index (χ3n) is 3.52. The molecule has 2 aromatic rings. The first kappa shape index (κ1) is 15.5. The van der Waals surface area contributed by atoms with Crippen molar-refractivity contribution in [3.05, 3.63) is 47.6 Å². The highest BCUT2D eigenvalue weighted by Gasteiger charge is 2.33. The summed E-state index contributed by atoms with van der Waals surface area (Å²) in [5.74, 6) is -0.109.